The Morgan fingerprint density at radius 1 is 1.40 bits per heavy atom. The summed E-state index contributed by atoms with van der Waals surface area (Å²) in [5.74, 6) is -0.521. The predicted molar refractivity (Wildman–Crippen MR) is 92.5 cm³/mol. The van der Waals surface area contributed by atoms with Crippen molar-refractivity contribution in [1.82, 2.24) is 10.3 Å². The highest BCUT2D eigenvalue weighted by molar-refractivity contribution is 5.95. The zero-order valence-corrected chi connectivity index (χ0v) is 14.4. The minimum atomic E-state index is -1.19. The molecule has 3 rings (SSSR count). The van der Waals surface area contributed by atoms with Gasteiger partial charge in [-0.15, -0.1) is 0 Å². The summed E-state index contributed by atoms with van der Waals surface area (Å²) in [6, 6.07) is 3.64. The first-order valence-corrected chi connectivity index (χ1v) is 8.89. The Morgan fingerprint density at radius 3 is 2.80 bits per heavy atom. The number of piperidine rings is 1. The van der Waals surface area contributed by atoms with Gasteiger partial charge in [-0.25, -0.2) is 4.98 Å². The molecular weight excluding hydrogens is 322 g/mol. The van der Waals surface area contributed by atoms with Crippen LogP contribution in [0.4, 0.5) is 5.82 Å². The molecule has 0 spiro atoms. The summed E-state index contributed by atoms with van der Waals surface area (Å²) in [6.07, 6.45) is 4.19. The van der Waals surface area contributed by atoms with Gasteiger partial charge in [-0.2, -0.15) is 0 Å². The van der Waals surface area contributed by atoms with Gasteiger partial charge in [0.2, 0.25) is 0 Å². The largest absolute Gasteiger partial charge is 0.481 e. The third-order valence-electron chi connectivity index (χ3n) is 5.15. The number of anilines is 1. The molecule has 2 heterocycles. The van der Waals surface area contributed by atoms with Gasteiger partial charge in [0.05, 0.1) is 6.10 Å². The fraction of sp³-hybridized carbons (Fsp3) is 0.611. The molecule has 1 amide bonds. The van der Waals surface area contributed by atoms with E-state index in [0.717, 1.165) is 12.8 Å². The molecule has 1 aromatic rings. The molecule has 2 atom stereocenters. The number of amides is 1. The van der Waals surface area contributed by atoms with Crippen LogP contribution in [0, 0.1) is 5.41 Å². The van der Waals surface area contributed by atoms with Gasteiger partial charge in [-0.1, -0.05) is 13.3 Å². The van der Waals surface area contributed by atoms with Crippen LogP contribution in [0.3, 0.4) is 0 Å². The molecule has 7 nitrogen and oxygen atoms in total. The van der Waals surface area contributed by atoms with Gasteiger partial charge in [0, 0.05) is 30.9 Å². The maximum Gasteiger partial charge on any atom is 0.314 e. The Balaban J connectivity index is 1.81. The summed E-state index contributed by atoms with van der Waals surface area (Å²) >= 11 is 0. The normalized spacial score (nSPS) is 26.3. The second kappa shape index (κ2) is 7.00. The minimum Gasteiger partial charge on any atom is -0.481 e. The zero-order chi connectivity index (χ0) is 18.0. The topological polar surface area (TPSA) is 103 Å². The number of aromatic nitrogens is 1. The summed E-state index contributed by atoms with van der Waals surface area (Å²) in [6.45, 7) is 2.62. The maximum atomic E-state index is 12.2. The minimum absolute atomic E-state index is 0.124. The molecule has 2 fully saturated rings. The highest BCUT2D eigenvalue weighted by Crippen LogP contribution is 2.37. The standard InChI is InChI=1S/C18H25N3O4/c1-2-7-18(17(24)25)11-21(9-6-14(18)22)15-10-12(5-8-19-15)16(23)20-13-3-4-13/h5,8,10,13-14,22H,2-4,6-7,9,11H2,1H3,(H,20,23)(H,24,25)/t14-,18+/m0/s1. The average Bonchev–Trinajstić information content (AvgIpc) is 3.41. The molecule has 0 radical (unpaired) electrons. The van der Waals surface area contributed by atoms with Gasteiger partial charge in [0.1, 0.15) is 11.2 Å². The van der Waals surface area contributed by atoms with E-state index in [0.29, 0.717) is 37.2 Å². The fourth-order valence-electron chi connectivity index (χ4n) is 3.51. The van der Waals surface area contributed by atoms with Gasteiger partial charge in [-0.05, 0) is 37.8 Å². The Bertz CT molecular complexity index is 661. The van der Waals surface area contributed by atoms with Crippen LogP contribution in [-0.2, 0) is 4.79 Å². The number of nitrogens with one attached hydrogen (secondary N) is 1. The number of pyridine rings is 1. The number of hydrogen-bond acceptors (Lipinski definition) is 5. The third-order valence-corrected chi connectivity index (χ3v) is 5.15. The van der Waals surface area contributed by atoms with E-state index in [1.165, 1.54) is 0 Å². The maximum absolute atomic E-state index is 12.2. The fourth-order valence-corrected chi connectivity index (χ4v) is 3.51. The van der Waals surface area contributed by atoms with E-state index in [1.807, 2.05) is 11.8 Å². The number of carboxylic acids is 1. The van der Waals surface area contributed by atoms with Gasteiger partial charge in [-0.3, -0.25) is 9.59 Å². The van der Waals surface area contributed by atoms with Crippen molar-refractivity contribution in [1.29, 1.82) is 0 Å². The number of rotatable bonds is 6. The third kappa shape index (κ3) is 3.61. The van der Waals surface area contributed by atoms with Crippen molar-refractivity contribution < 1.29 is 19.8 Å². The summed E-state index contributed by atoms with van der Waals surface area (Å²) in [5, 5.41) is 23.0. The number of carbonyl (C=O) groups excluding carboxylic acids is 1. The second-order valence-corrected chi connectivity index (χ2v) is 7.09. The molecule has 25 heavy (non-hydrogen) atoms. The lowest BCUT2D eigenvalue weighted by Gasteiger charge is -2.43. The van der Waals surface area contributed by atoms with Crippen LogP contribution < -0.4 is 10.2 Å². The SMILES string of the molecule is CCC[C@@]1(C(=O)O)CN(c2cc(C(=O)NC3CC3)ccn2)CC[C@@H]1O. The molecule has 1 saturated carbocycles. The van der Waals surface area contributed by atoms with Crippen molar-refractivity contribution in [3.8, 4) is 0 Å². The Kier molecular flexibility index (Phi) is 4.94. The molecule has 7 heteroatoms. The molecule has 2 aliphatic rings. The van der Waals surface area contributed by atoms with Gasteiger partial charge in [0.15, 0.2) is 0 Å². The number of nitrogens with zero attached hydrogens (tertiary/aromatic N) is 2. The summed E-state index contributed by atoms with van der Waals surface area (Å²) in [7, 11) is 0. The molecule has 1 aliphatic carbocycles. The molecule has 0 bridgehead atoms. The Hall–Kier alpha value is -2.15. The molecule has 136 valence electrons. The molecule has 1 aromatic heterocycles. The first kappa shape index (κ1) is 17.7. The van der Waals surface area contributed by atoms with Crippen LogP contribution in [0.1, 0.15) is 49.4 Å². The lowest BCUT2D eigenvalue weighted by molar-refractivity contribution is -0.158. The van der Waals surface area contributed by atoms with Crippen molar-refractivity contribution in [2.45, 2.75) is 51.2 Å². The first-order chi connectivity index (χ1) is 12.0. The molecule has 3 N–H and O–H groups in total. The first-order valence-electron chi connectivity index (χ1n) is 8.89. The van der Waals surface area contributed by atoms with Gasteiger partial charge < -0.3 is 20.4 Å². The molecule has 1 saturated heterocycles. The van der Waals surface area contributed by atoms with E-state index in [1.54, 1.807) is 18.3 Å². The molecule has 1 aliphatic heterocycles. The van der Waals surface area contributed by atoms with Crippen molar-refractivity contribution in [3.63, 3.8) is 0 Å². The Morgan fingerprint density at radius 2 is 2.16 bits per heavy atom. The molecule has 0 unspecified atom stereocenters. The average molecular weight is 347 g/mol. The number of carboxylic acid groups (broad SMARTS) is 1. The number of carbonyl (C=O) groups is 2. The summed E-state index contributed by atoms with van der Waals surface area (Å²) in [5.41, 5.74) is -0.666. The number of aliphatic hydroxyl groups excluding tert-OH is 1. The van der Waals surface area contributed by atoms with Crippen LogP contribution in [0.5, 0.6) is 0 Å². The van der Waals surface area contributed by atoms with Crippen molar-refractivity contribution in [2.24, 2.45) is 5.41 Å². The molecular formula is C18H25N3O4. The highest BCUT2D eigenvalue weighted by Gasteiger charge is 2.48. The van der Waals surface area contributed by atoms with E-state index in [9.17, 15) is 19.8 Å². The van der Waals surface area contributed by atoms with Gasteiger partial charge in [0.25, 0.3) is 5.91 Å². The Labute approximate surface area is 147 Å². The van der Waals surface area contributed by atoms with Crippen LogP contribution in [0.25, 0.3) is 0 Å². The number of aliphatic carboxylic acids is 1. The smallest absolute Gasteiger partial charge is 0.314 e. The van der Waals surface area contributed by atoms with Gasteiger partial charge >= 0.3 is 5.97 Å². The number of hydrogen-bond donors (Lipinski definition) is 3. The lowest BCUT2D eigenvalue weighted by Crippen LogP contribution is -2.56. The second-order valence-electron chi connectivity index (χ2n) is 7.09. The van der Waals surface area contributed by atoms with E-state index >= 15 is 0 Å². The summed E-state index contributed by atoms with van der Waals surface area (Å²) in [4.78, 5) is 30.3. The summed E-state index contributed by atoms with van der Waals surface area (Å²) < 4.78 is 0. The van der Waals surface area contributed by atoms with Crippen LogP contribution in [0.15, 0.2) is 18.3 Å². The van der Waals surface area contributed by atoms with Crippen molar-refractivity contribution >= 4 is 17.7 Å². The van der Waals surface area contributed by atoms with E-state index < -0.39 is 17.5 Å². The zero-order valence-electron chi connectivity index (χ0n) is 14.4. The van der Waals surface area contributed by atoms with E-state index in [-0.39, 0.29) is 18.5 Å². The van der Waals surface area contributed by atoms with Crippen molar-refractivity contribution in [2.75, 3.05) is 18.0 Å². The lowest BCUT2D eigenvalue weighted by atomic mass is 9.74. The van der Waals surface area contributed by atoms with E-state index in [2.05, 4.69) is 10.3 Å². The predicted octanol–water partition coefficient (Wildman–Crippen LogP) is 1.42. The van der Waals surface area contributed by atoms with Crippen molar-refractivity contribution in [3.05, 3.63) is 23.9 Å². The van der Waals surface area contributed by atoms with Crippen LogP contribution >= 0.6 is 0 Å². The monoisotopic (exact) mass is 347 g/mol. The number of aliphatic hydroxyl groups is 1. The highest BCUT2D eigenvalue weighted by atomic mass is 16.4. The van der Waals surface area contributed by atoms with Crippen LogP contribution in [0.2, 0.25) is 0 Å². The quantitative estimate of drug-likeness (QED) is 0.719. The van der Waals surface area contributed by atoms with E-state index in [4.69, 9.17) is 0 Å². The van der Waals surface area contributed by atoms with Crippen LogP contribution in [-0.4, -0.2) is 52.3 Å². The molecule has 0 aromatic carbocycles.